The van der Waals surface area contributed by atoms with E-state index in [4.69, 9.17) is 0 Å². The number of amides is 1. The Morgan fingerprint density at radius 1 is 1.25 bits per heavy atom. The van der Waals surface area contributed by atoms with Gasteiger partial charge in [-0.25, -0.2) is 13.4 Å². The molecular formula is C14H18F3N3O3S. The number of hydrogen-bond acceptors (Lipinski definition) is 4. The van der Waals surface area contributed by atoms with E-state index in [0.29, 0.717) is 25.1 Å². The lowest BCUT2D eigenvalue weighted by Crippen LogP contribution is -2.26. The molecule has 1 aromatic rings. The number of pyridine rings is 1. The monoisotopic (exact) mass is 365 g/mol. The largest absolute Gasteiger partial charge is 0.417 e. The maximum Gasteiger partial charge on any atom is 0.417 e. The Hall–Kier alpha value is -1.84. The van der Waals surface area contributed by atoms with Gasteiger partial charge < -0.3 is 5.32 Å². The van der Waals surface area contributed by atoms with E-state index in [0.717, 1.165) is 25.5 Å². The molecule has 0 spiro atoms. The summed E-state index contributed by atoms with van der Waals surface area (Å²) in [4.78, 5) is 15.8. The van der Waals surface area contributed by atoms with E-state index in [1.807, 2.05) is 4.72 Å². The molecule has 0 aliphatic heterocycles. The first-order valence-electron chi connectivity index (χ1n) is 7.42. The third kappa shape index (κ3) is 5.08. The minimum absolute atomic E-state index is 0.292. The average Bonchev–Trinajstić information content (AvgIpc) is 2.47. The van der Waals surface area contributed by atoms with Crippen LogP contribution in [0.5, 0.6) is 0 Å². The zero-order chi connectivity index (χ0) is 18.0. The summed E-state index contributed by atoms with van der Waals surface area (Å²) in [6, 6.07) is 0.682. The Kier molecular flexibility index (Phi) is 5.36. The van der Waals surface area contributed by atoms with Crippen molar-refractivity contribution in [1.29, 1.82) is 0 Å². The second kappa shape index (κ2) is 6.96. The highest BCUT2D eigenvalue weighted by Crippen LogP contribution is 2.33. The van der Waals surface area contributed by atoms with E-state index in [-0.39, 0.29) is 17.4 Å². The minimum atomic E-state index is -4.65. The molecule has 0 saturated heterocycles. The third-order valence-electron chi connectivity index (χ3n) is 3.73. The lowest BCUT2D eigenvalue weighted by molar-refractivity contribution is -0.137. The number of carbonyl (C=O) groups excluding carboxylic acids is 1. The maximum atomic E-state index is 12.8. The fourth-order valence-corrected chi connectivity index (χ4v) is 3.09. The summed E-state index contributed by atoms with van der Waals surface area (Å²) in [6.45, 7) is 0. The van der Waals surface area contributed by atoms with Gasteiger partial charge in [0.05, 0.1) is 17.5 Å². The Morgan fingerprint density at radius 2 is 1.88 bits per heavy atom. The van der Waals surface area contributed by atoms with E-state index < -0.39 is 27.7 Å². The van der Waals surface area contributed by atoms with E-state index in [2.05, 4.69) is 10.3 Å². The molecule has 0 bridgehead atoms. The Bertz CT molecular complexity index is 714. The van der Waals surface area contributed by atoms with Gasteiger partial charge in [0.2, 0.25) is 15.9 Å². The second-order valence-electron chi connectivity index (χ2n) is 5.82. The number of halogens is 3. The lowest BCUT2D eigenvalue weighted by atomic mass is 9.88. The third-order valence-corrected chi connectivity index (χ3v) is 4.30. The average molecular weight is 365 g/mol. The summed E-state index contributed by atoms with van der Waals surface area (Å²) in [5.74, 6) is -1.05. The van der Waals surface area contributed by atoms with Crippen molar-refractivity contribution in [2.24, 2.45) is 5.92 Å². The quantitative estimate of drug-likeness (QED) is 0.859. The smallest absolute Gasteiger partial charge is 0.323 e. The predicted octanol–water partition coefficient (Wildman–Crippen LogP) is 2.99. The summed E-state index contributed by atoms with van der Waals surface area (Å²) in [6.07, 6.45) is 0.820. The molecule has 1 aliphatic carbocycles. The topological polar surface area (TPSA) is 88.2 Å². The molecule has 1 heterocycles. The van der Waals surface area contributed by atoms with Crippen molar-refractivity contribution in [2.45, 2.75) is 38.3 Å². The SMILES string of the molecule is CS(=O)(=O)Nc1ncc(C(F)(F)F)cc1NC(=O)C1CCCCC1. The van der Waals surface area contributed by atoms with Crippen molar-refractivity contribution in [1.82, 2.24) is 4.98 Å². The van der Waals surface area contributed by atoms with Gasteiger partial charge in [0.25, 0.3) is 0 Å². The van der Waals surface area contributed by atoms with Gasteiger partial charge in [0.15, 0.2) is 5.82 Å². The Balaban J connectivity index is 2.30. The predicted molar refractivity (Wildman–Crippen MR) is 82.9 cm³/mol. The van der Waals surface area contributed by atoms with Gasteiger partial charge in [-0.1, -0.05) is 19.3 Å². The number of carbonyl (C=O) groups is 1. The number of aromatic nitrogens is 1. The molecule has 0 unspecified atom stereocenters. The number of rotatable bonds is 4. The molecule has 24 heavy (non-hydrogen) atoms. The van der Waals surface area contributed by atoms with Crippen molar-refractivity contribution < 1.29 is 26.4 Å². The van der Waals surface area contributed by atoms with Gasteiger partial charge in [0, 0.05) is 12.1 Å². The molecule has 0 radical (unpaired) electrons. The van der Waals surface area contributed by atoms with Crippen LogP contribution >= 0.6 is 0 Å². The number of sulfonamides is 1. The van der Waals surface area contributed by atoms with Crippen LogP contribution in [-0.2, 0) is 21.0 Å². The van der Waals surface area contributed by atoms with Gasteiger partial charge in [0.1, 0.15) is 0 Å². The number of hydrogen-bond donors (Lipinski definition) is 2. The first kappa shape index (κ1) is 18.5. The van der Waals surface area contributed by atoms with Crippen LogP contribution < -0.4 is 10.0 Å². The van der Waals surface area contributed by atoms with E-state index in [9.17, 15) is 26.4 Å². The van der Waals surface area contributed by atoms with Crippen LogP contribution in [-0.4, -0.2) is 25.6 Å². The standard InChI is InChI=1S/C14H18F3N3O3S/c1-24(22,23)20-12-11(7-10(8-18-12)14(15,16)17)19-13(21)9-5-3-2-4-6-9/h7-9H,2-6H2,1H3,(H,18,20)(H,19,21). The molecule has 10 heteroatoms. The highest BCUT2D eigenvalue weighted by molar-refractivity contribution is 7.92. The molecule has 2 rings (SSSR count). The summed E-state index contributed by atoms with van der Waals surface area (Å²) in [7, 11) is -3.75. The van der Waals surface area contributed by atoms with Crippen molar-refractivity contribution in [3.63, 3.8) is 0 Å². The fourth-order valence-electron chi connectivity index (χ4n) is 2.57. The van der Waals surface area contributed by atoms with Gasteiger partial charge in [-0.15, -0.1) is 0 Å². The number of alkyl halides is 3. The van der Waals surface area contributed by atoms with Gasteiger partial charge in [-0.3, -0.25) is 9.52 Å². The van der Waals surface area contributed by atoms with Crippen LogP contribution in [0.1, 0.15) is 37.7 Å². The molecule has 134 valence electrons. The van der Waals surface area contributed by atoms with Gasteiger partial charge in [-0.2, -0.15) is 13.2 Å². The molecule has 1 aromatic heterocycles. The van der Waals surface area contributed by atoms with Crippen LogP contribution in [0.3, 0.4) is 0 Å². The molecule has 1 aliphatic rings. The molecule has 1 amide bonds. The number of anilines is 2. The van der Waals surface area contributed by atoms with Crippen molar-refractivity contribution >= 4 is 27.4 Å². The summed E-state index contributed by atoms with van der Waals surface area (Å²) < 4.78 is 63.2. The summed E-state index contributed by atoms with van der Waals surface area (Å²) in [5, 5.41) is 2.39. The van der Waals surface area contributed by atoms with Crippen molar-refractivity contribution in [3.8, 4) is 0 Å². The fraction of sp³-hybridized carbons (Fsp3) is 0.571. The number of nitrogens with zero attached hydrogens (tertiary/aromatic N) is 1. The molecule has 2 N–H and O–H groups in total. The van der Waals surface area contributed by atoms with Gasteiger partial charge >= 0.3 is 6.18 Å². The minimum Gasteiger partial charge on any atom is -0.323 e. The van der Waals surface area contributed by atoms with Gasteiger partial charge in [-0.05, 0) is 18.9 Å². The van der Waals surface area contributed by atoms with Crippen LogP contribution in [0.4, 0.5) is 24.7 Å². The van der Waals surface area contributed by atoms with Crippen molar-refractivity contribution in [2.75, 3.05) is 16.3 Å². The van der Waals surface area contributed by atoms with Crippen LogP contribution in [0.15, 0.2) is 12.3 Å². The highest BCUT2D eigenvalue weighted by atomic mass is 32.2. The Labute approximate surface area is 137 Å². The first-order valence-corrected chi connectivity index (χ1v) is 9.31. The van der Waals surface area contributed by atoms with E-state index >= 15 is 0 Å². The zero-order valence-electron chi connectivity index (χ0n) is 13.0. The maximum absolute atomic E-state index is 12.8. The van der Waals surface area contributed by atoms with Crippen molar-refractivity contribution in [3.05, 3.63) is 17.8 Å². The molecule has 1 fully saturated rings. The summed E-state index contributed by atoms with van der Waals surface area (Å²) >= 11 is 0. The van der Waals surface area contributed by atoms with Crippen LogP contribution in [0, 0.1) is 5.92 Å². The zero-order valence-corrected chi connectivity index (χ0v) is 13.8. The molecule has 6 nitrogen and oxygen atoms in total. The summed E-state index contributed by atoms with van der Waals surface area (Å²) in [5.41, 5.74) is -1.37. The lowest BCUT2D eigenvalue weighted by Gasteiger charge is -2.21. The highest BCUT2D eigenvalue weighted by Gasteiger charge is 2.32. The molecular weight excluding hydrogens is 347 g/mol. The van der Waals surface area contributed by atoms with E-state index in [1.165, 1.54) is 0 Å². The molecule has 0 atom stereocenters. The Morgan fingerprint density at radius 3 is 2.42 bits per heavy atom. The number of nitrogens with one attached hydrogen (secondary N) is 2. The second-order valence-corrected chi connectivity index (χ2v) is 7.56. The van der Waals surface area contributed by atoms with Crippen LogP contribution in [0.2, 0.25) is 0 Å². The molecule has 1 saturated carbocycles. The first-order chi connectivity index (χ1) is 11.1. The van der Waals surface area contributed by atoms with Crippen LogP contribution in [0.25, 0.3) is 0 Å². The normalized spacial score (nSPS) is 16.7. The molecule has 0 aromatic carbocycles. The van der Waals surface area contributed by atoms with E-state index in [1.54, 1.807) is 0 Å².